The highest BCUT2D eigenvalue weighted by molar-refractivity contribution is 5.86. The number of carboxylic acid groups (broad SMARTS) is 1. The van der Waals surface area contributed by atoms with Gasteiger partial charge in [0.25, 0.3) is 0 Å². The Hall–Kier alpha value is -4.00. The topological polar surface area (TPSA) is 129 Å². The van der Waals surface area contributed by atoms with Gasteiger partial charge in [-0.2, -0.15) is 0 Å². The van der Waals surface area contributed by atoms with Crippen molar-refractivity contribution in [1.29, 1.82) is 0 Å². The van der Waals surface area contributed by atoms with Gasteiger partial charge in [-0.05, 0) is 51.0 Å². The zero-order chi connectivity index (χ0) is 32.5. The van der Waals surface area contributed by atoms with Crippen LogP contribution in [0, 0.1) is 18.3 Å². The van der Waals surface area contributed by atoms with E-state index < -0.39 is 11.9 Å². The van der Waals surface area contributed by atoms with Crippen LogP contribution in [0.4, 0.5) is 14.7 Å². The smallest absolute Gasteiger partial charge is 0.338 e. The maximum Gasteiger partial charge on any atom is 0.338 e. The lowest BCUT2D eigenvalue weighted by Crippen LogP contribution is -2.85. The van der Waals surface area contributed by atoms with Crippen molar-refractivity contribution >= 4 is 17.8 Å². The number of likely N-dealkylation sites (tertiary alicyclic amines) is 1. The maximum atomic E-state index is 13.7. The molecule has 248 valence electrons. The maximum absolute atomic E-state index is 13.7. The molecule has 3 aromatic rings. The summed E-state index contributed by atoms with van der Waals surface area (Å²) in [4.78, 5) is 37.5. The number of hydrogen-bond acceptors (Lipinski definition) is 8. The molecule has 3 aliphatic carbocycles. The van der Waals surface area contributed by atoms with E-state index in [9.17, 15) is 18.4 Å². The van der Waals surface area contributed by atoms with Crippen molar-refractivity contribution in [3.8, 4) is 0 Å². The molecule has 0 bridgehead atoms. The van der Waals surface area contributed by atoms with Gasteiger partial charge in [-0.25, -0.2) is 23.5 Å². The molecule has 8 rings (SSSR count). The molecule has 0 radical (unpaired) electrons. The molecular formula is C34H40F2N8O3. The van der Waals surface area contributed by atoms with E-state index in [1.54, 1.807) is 0 Å². The monoisotopic (exact) mass is 646 g/mol. The van der Waals surface area contributed by atoms with Gasteiger partial charge in [0.15, 0.2) is 0 Å². The Morgan fingerprint density at radius 1 is 1.00 bits per heavy atom. The first kappa shape index (κ1) is 30.3. The van der Waals surface area contributed by atoms with E-state index in [0.29, 0.717) is 37.2 Å². The second-order valence-corrected chi connectivity index (χ2v) is 14.2. The van der Waals surface area contributed by atoms with Gasteiger partial charge in [-0.15, -0.1) is 10.2 Å². The molecule has 2 N–H and O–H groups in total. The molecule has 4 heterocycles. The molecule has 47 heavy (non-hydrogen) atoms. The number of benzene rings is 1. The number of piperidine rings is 2. The van der Waals surface area contributed by atoms with Crippen molar-refractivity contribution in [3.63, 3.8) is 0 Å². The highest BCUT2D eigenvalue weighted by Gasteiger charge is 2.75. The van der Waals surface area contributed by atoms with Crippen molar-refractivity contribution in [2.75, 3.05) is 24.5 Å². The molecule has 11 nitrogen and oxygen atoms in total. The fourth-order valence-corrected chi connectivity index (χ4v) is 9.13. The number of anilines is 1. The summed E-state index contributed by atoms with van der Waals surface area (Å²) in [7, 11) is 0. The first-order chi connectivity index (χ1) is 22.6. The molecule has 2 aliphatic heterocycles. The van der Waals surface area contributed by atoms with E-state index in [1.807, 2.05) is 42.2 Å². The first-order valence-corrected chi connectivity index (χ1v) is 16.9. The summed E-state index contributed by atoms with van der Waals surface area (Å²) in [5.41, 5.74) is 1.36. The lowest BCUT2D eigenvalue weighted by atomic mass is 9.40. The number of rotatable bonds is 10. The number of carbonyl (C=O) groups excluding carboxylic acids is 1. The first-order valence-electron chi connectivity index (χ1n) is 16.9. The van der Waals surface area contributed by atoms with Crippen LogP contribution in [0.5, 0.6) is 0 Å². The highest BCUT2D eigenvalue weighted by Crippen LogP contribution is 2.73. The van der Waals surface area contributed by atoms with Crippen LogP contribution in [0.15, 0.2) is 42.7 Å². The Bertz CT molecular complexity index is 1650. The summed E-state index contributed by atoms with van der Waals surface area (Å²) < 4.78 is 29.9. The third-order valence-corrected chi connectivity index (χ3v) is 11.9. The van der Waals surface area contributed by atoms with Crippen molar-refractivity contribution in [2.45, 2.75) is 94.3 Å². The Morgan fingerprint density at radius 3 is 2.36 bits per heavy atom. The van der Waals surface area contributed by atoms with E-state index >= 15 is 0 Å². The molecule has 5 fully saturated rings. The molecule has 2 saturated heterocycles. The number of alkyl halides is 2. The lowest BCUT2D eigenvalue weighted by molar-refractivity contribution is -0.295. The molecule has 1 amide bonds. The van der Waals surface area contributed by atoms with Crippen LogP contribution in [0.2, 0.25) is 0 Å². The van der Waals surface area contributed by atoms with Gasteiger partial charge in [0.05, 0.1) is 17.5 Å². The number of halogens is 2. The number of hydrogen-bond donors (Lipinski definition) is 2. The van der Waals surface area contributed by atoms with Crippen LogP contribution in [-0.4, -0.2) is 84.3 Å². The largest absolute Gasteiger partial charge is 0.478 e. The predicted octanol–water partition coefficient (Wildman–Crippen LogP) is 4.53. The molecule has 3 saturated carbocycles. The quantitative estimate of drug-likeness (QED) is 0.327. The van der Waals surface area contributed by atoms with Crippen molar-refractivity contribution in [1.82, 2.24) is 34.9 Å². The summed E-state index contributed by atoms with van der Waals surface area (Å²) >= 11 is 0. The third-order valence-electron chi connectivity index (χ3n) is 11.9. The van der Waals surface area contributed by atoms with Gasteiger partial charge in [0, 0.05) is 74.3 Å². The average Bonchev–Trinajstić information content (AvgIpc) is 3.37. The standard InChI is InChI=1S/C34H40F2N8O3/c1-20-40-41-29(24-18-42(19-24)32-37-16-23(17-38-32)31(46)47)44(20)28-15-27-34(28)13-9-26(34)43(27)14-10-25(21-5-3-2-4-6-21)39-30(45)22-7-11-33(35,36)12-8-22/h2-6,16-17,22,24-28H,7-15,18-19H2,1H3,(H,39,45)(H,46,47)/t25-,26?,27?,28?,34?/m0/s1. The van der Waals surface area contributed by atoms with Gasteiger partial charge < -0.3 is 19.9 Å². The number of carboxylic acids is 1. The Morgan fingerprint density at radius 2 is 1.72 bits per heavy atom. The number of aromatic carboxylic acids is 1. The summed E-state index contributed by atoms with van der Waals surface area (Å²) in [5, 5.41) is 21.5. The minimum atomic E-state index is -2.65. The van der Waals surface area contributed by atoms with E-state index in [2.05, 4.69) is 34.9 Å². The van der Waals surface area contributed by atoms with E-state index in [4.69, 9.17) is 5.11 Å². The summed E-state index contributed by atoms with van der Waals surface area (Å²) in [5.74, 6) is -1.48. The molecule has 5 aliphatic rings. The number of aromatic nitrogens is 5. The second kappa shape index (κ2) is 11.3. The number of aryl methyl sites for hydroxylation is 1. The Labute approximate surface area is 271 Å². The van der Waals surface area contributed by atoms with Crippen LogP contribution in [0.1, 0.15) is 96.9 Å². The normalized spacial score (nSPS) is 28.9. The second-order valence-electron chi connectivity index (χ2n) is 14.2. The zero-order valence-electron chi connectivity index (χ0n) is 26.4. The van der Waals surface area contributed by atoms with Crippen LogP contribution < -0.4 is 10.2 Å². The molecule has 4 unspecified atom stereocenters. The Kier molecular flexibility index (Phi) is 7.30. The number of carbonyl (C=O) groups is 2. The van der Waals surface area contributed by atoms with Crippen molar-refractivity contribution < 1.29 is 23.5 Å². The number of amides is 1. The molecule has 5 atom stereocenters. The third kappa shape index (κ3) is 4.99. The van der Waals surface area contributed by atoms with Gasteiger partial charge in [-0.3, -0.25) is 9.69 Å². The van der Waals surface area contributed by atoms with Gasteiger partial charge in [-0.1, -0.05) is 30.3 Å². The summed E-state index contributed by atoms with van der Waals surface area (Å²) in [6, 6.07) is 11.2. The SMILES string of the molecule is Cc1nnc(C2CN(c3ncc(C(=O)O)cn3)C2)n1C1CC2N(CC[C@H](NC(=O)C3CCC(F)(F)CC3)c3ccccc3)C3CCC321. The minimum Gasteiger partial charge on any atom is -0.478 e. The Balaban J connectivity index is 0.909. The van der Waals surface area contributed by atoms with Crippen molar-refractivity contribution in [3.05, 3.63) is 65.5 Å². The van der Waals surface area contributed by atoms with Gasteiger partial charge in [0.1, 0.15) is 11.6 Å². The molecule has 1 spiro atoms. The summed E-state index contributed by atoms with van der Waals surface area (Å²) in [6.07, 6.45) is 6.87. The molecule has 2 aromatic heterocycles. The van der Waals surface area contributed by atoms with Crippen LogP contribution in [0.25, 0.3) is 0 Å². The summed E-state index contributed by atoms with van der Waals surface area (Å²) in [6.45, 7) is 4.33. The molecular weight excluding hydrogens is 606 g/mol. The highest BCUT2D eigenvalue weighted by atomic mass is 19.3. The van der Waals surface area contributed by atoms with Crippen LogP contribution in [-0.2, 0) is 4.79 Å². The van der Waals surface area contributed by atoms with Gasteiger partial charge in [0.2, 0.25) is 17.8 Å². The number of nitrogens with zero attached hydrogens (tertiary/aromatic N) is 7. The fraction of sp³-hybridized carbons (Fsp3) is 0.588. The molecule has 13 heteroatoms. The van der Waals surface area contributed by atoms with Gasteiger partial charge >= 0.3 is 5.97 Å². The average molecular weight is 647 g/mol. The minimum absolute atomic E-state index is 0.0686. The molecule has 1 aromatic carbocycles. The van der Waals surface area contributed by atoms with Crippen LogP contribution in [0.3, 0.4) is 0 Å². The van der Waals surface area contributed by atoms with E-state index in [1.165, 1.54) is 18.8 Å². The van der Waals surface area contributed by atoms with Crippen LogP contribution >= 0.6 is 0 Å². The van der Waals surface area contributed by atoms with E-state index in [-0.39, 0.29) is 60.4 Å². The number of nitrogens with one attached hydrogen (secondary N) is 1. The lowest BCUT2D eigenvalue weighted by Gasteiger charge is -2.80. The predicted molar refractivity (Wildman–Crippen MR) is 167 cm³/mol. The van der Waals surface area contributed by atoms with Crippen molar-refractivity contribution in [2.24, 2.45) is 11.3 Å². The fourth-order valence-electron chi connectivity index (χ4n) is 9.13. The van der Waals surface area contributed by atoms with E-state index in [0.717, 1.165) is 43.0 Å². The zero-order valence-corrected chi connectivity index (χ0v) is 26.4.